The van der Waals surface area contributed by atoms with E-state index in [1.165, 1.54) is 11.8 Å². The number of para-hydroxylation sites is 1. The molecule has 1 atom stereocenters. The first-order valence-corrected chi connectivity index (χ1v) is 12.5. The van der Waals surface area contributed by atoms with Crippen LogP contribution >= 0.6 is 11.8 Å². The number of aliphatic hydroxyl groups excluding tert-OH is 1. The molecular formula is C27H28N4O3S. The summed E-state index contributed by atoms with van der Waals surface area (Å²) in [4.78, 5) is 12.6. The van der Waals surface area contributed by atoms with Crippen molar-refractivity contribution in [1.29, 1.82) is 0 Å². The van der Waals surface area contributed by atoms with Crippen LogP contribution in [0.4, 0.5) is 5.69 Å². The highest BCUT2D eigenvalue weighted by Gasteiger charge is 2.22. The van der Waals surface area contributed by atoms with E-state index in [2.05, 4.69) is 22.4 Å². The summed E-state index contributed by atoms with van der Waals surface area (Å²) in [6, 6.07) is 26.2. The van der Waals surface area contributed by atoms with Crippen LogP contribution in [0.2, 0.25) is 0 Å². The van der Waals surface area contributed by atoms with Gasteiger partial charge in [0.15, 0.2) is 11.0 Å². The Balaban J connectivity index is 1.45. The average molecular weight is 489 g/mol. The van der Waals surface area contributed by atoms with Gasteiger partial charge in [0.05, 0.1) is 12.4 Å². The van der Waals surface area contributed by atoms with E-state index in [0.29, 0.717) is 28.8 Å². The third kappa shape index (κ3) is 6.49. The van der Waals surface area contributed by atoms with Crippen molar-refractivity contribution in [2.45, 2.75) is 31.0 Å². The number of aromatic nitrogens is 3. The summed E-state index contributed by atoms with van der Waals surface area (Å²) in [6.45, 7) is 2.80. The van der Waals surface area contributed by atoms with E-state index in [1.54, 1.807) is 4.57 Å². The van der Waals surface area contributed by atoms with Gasteiger partial charge in [-0.3, -0.25) is 9.36 Å². The molecule has 180 valence electrons. The van der Waals surface area contributed by atoms with Crippen LogP contribution in [0.25, 0.3) is 5.69 Å². The largest absolute Gasteiger partial charge is 0.494 e. The fourth-order valence-corrected chi connectivity index (χ4v) is 4.21. The number of ether oxygens (including phenoxy) is 1. The van der Waals surface area contributed by atoms with E-state index in [4.69, 9.17) is 4.74 Å². The number of amides is 1. The lowest BCUT2D eigenvalue weighted by Crippen LogP contribution is -2.15. The van der Waals surface area contributed by atoms with Gasteiger partial charge in [-0.15, -0.1) is 10.2 Å². The second kappa shape index (κ2) is 12.2. The second-order valence-corrected chi connectivity index (χ2v) is 8.83. The number of aliphatic hydroxyl groups is 1. The van der Waals surface area contributed by atoms with Gasteiger partial charge in [0.1, 0.15) is 11.9 Å². The van der Waals surface area contributed by atoms with Crippen LogP contribution in [0.15, 0.2) is 90.1 Å². The molecule has 1 heterocycles. The molecule has 0 fully saturated rings. The lowest BCUT2D eigenvalue weighted by atomic mass is 10.1. The Labute approximate surface area is 209 Å². The Bertz CT molecular complexity index is 1210. The zero-order chi connectivity index (χ0) is 24.5. The van der Waals surface area contributed by atoms with Gasteiger partial charge >= 0.3 is 0 Å². The molecule has 4 aromatic rings. The maximum absolute atomic E-state index is 12.6. The summed E-state index contributed by atoms with van der Waals surface area (Å²) in [5.41, 5.74) is 2.22. The standard InChI is InChI=1S/C27H28N4O3S/c1-2-3-18-34-23-16-14-21(15-17-23)28-24(32)19-35-27-30-29-26(25(33)20-10-6-4-7-11-20)31(27)22-12-8-5-9-13-22/h4-17,25,33H,2-3,18-19H2,1H3,(H,28,32)/t25-/m0/s1. The molecule has 0 aliphatic heterocycles. The van der Waals surface area contributed by atoms with Crippen LogP contribution in [0.1, 0.15) is 37.3 Å². The Hall–Kier alpha value is -3.62. The monoisotopic (exact) mass is 488 g/mol. The summed E-state index contributed by atoms with van der Waals surface area (Å²) in [5, 5.41) is 23.0. The Morgan fingerprint density at radius 3 is 2.37 bits per heavy atom. The predicted octanol–water partition coefficient (Wildman–Crippen LogP) is 5.26. The Morgan fingerprint density at radius 2 is 1.69 bits per heavy atom. The van der Waals surface area contributed by atoms with E-state index >= 15 is 0 Å². The van der Waals surface area contributed by atoms with Crippen LogP contribution in [0, 0.1) is 0 Å². The van der Waals surface area contributed by atoms with Crippen LogP contribution in [-0.4, -0.2) is 38.1 Å². The fourth-order valence-electron chi connectivity index (χ4n) is 3.45. The van der Waals surface area contributed by atoms with Gasteiger partial charge in [-0.05, 0) is 48.4 Å². The second-order valence-electron chi connectivity index (χ2n) is 7.89. The molecule has 0 saturated carbocycles. The van der Waals surface area contributed by atoms with Gasteiger partial charge in [0, 0.05) is 11.4 Å². The molecular weight excluding hydrogens is 460 g/mol. The zero-order valence-corrected chi connectivity index (χ0v) is 20.3. The number of unbranched alkanes of at least 4 members (excludes halogenated alkanes) is 1. The number of benzene rings is 3. The van der Waals surface area contributed by atoms with Crippen LogP contribution in [0.5, 0.6) is 5.75 Å². The molecule has 7 nitrogen and oxygen atoms in total. The lowest BCUT2D eigenvalue weighted by molar-refractivity contribution is -0.113. The van der Waals surface area contributed by atoms with Crippen molar-refractivity contribution in [3.8, 4) is 11.4 Å². The summed E-state index contributed by atoms with van der Waals surface area (Å²) < 4.78 is 7.45. The molecule has 35 heavy (non-hydrogen) atoms. The van der Waals surface area contributed by atoms with Crippen molar-refractivity contribution in [3.63, 3.8) is 0 Å². The molecule has 2 N–H and O–H groups in total. The topological polar surface area (TPSA) is 89.3 Å². The Morgan fingerprint density at radius 1 is 1.00 bits per heavy atom. The predicted molar refractivity (Wildman–Crippen MR) is 138 cm³/mol. The molecule has 1 aromatic heterocycles. The normalized spacial score (nSPS) is 11.7. The molecule has 0 bridgehead atoms. The Kier molecular flexibility index (Phi) is 8.53. The highest BCUT2D eigenvalue weighted by molar-refractivity contribution is 7.99. The molecule has 0 spiro atoms. The highest BCUT2D eigenvalue weighted by atomic mass is 32.2. The van der Waals surface area contributed by atoms with Crippen molar-refractivity contribution in [3.05, 3.63) is 96.3 Å². The third-order valence-corrected chi connectivity index (χ3v) is 6.20. The number of rotatable bonds is 11. The van der Waals surface area contributed by atoms with Gasteiger partial charge in [-0.2, -0.15) is 0 Å². The van der Waals surface area contributed by atoms with Gasteiger partial charge in [0.2, 0.25) is 5.91 Å². The molecule has 3 aromatic carbocycles. The average Bonchev–Trinajstić information content (AvgIpc) is 3.33. The van der Waals surface area contributed by atoms with E-state index < -0.39 is 6.10 Å². The number of nitrogens with zero attached hydrogens (tertiary/aromatic N) is 3. The quantitative estimate of drug-likeness (QED) is 0.221. The molecule has 0 saturated heterocycles. The number of carbonyl (C=O) groups is 1. The van der Waals surface area contributed by atoms with E-state index in [-0.39, 0.29) is 11.7 Å². The third-order valence-electron chi connectivity index (χ3n) is 5.27. The number of anilines is 1. The summed E-state index contributed by atoms with van der Waals surface area (Å²) >= 11 is 1.26. The van der Waals surface area contributed by atoms with Gasteiger partial charge in [-0.25, -0.2) is 0 Å². The SMILES string of the molecule is CCCCOc1ccc(NC(=O)CSc2nnc([C@@H](O)c3ccccc3)n2-c2ccccc2)cc1. The first-order chi connectivity index (χ1) is 17.2. The summed E-state index contributed by atoms with van der Waals surface area (Å²) in [5.74, 6) is 1.15. The molecule has 0 aliphatic rings. The lowest BCUT2D eigenvalue weighted by Gasteiger charge is -2.14. The van der Waals surface area contributed by atoms with Gasteiger partial charge in [0.25, 0.3) is 0 Å². The number of carbonyl (C=O) groups excluding carboxylic acids is 1. The number of hydrogen-bond acceptors (Lipinski definition) is 6. The van der Waals surface area contributed by atoms with Crippen LogP contribution in [0.3, 0.4) is 0 Å². The smallest absolute Gasteiger partial charge is 0.234 e. The molecule has 0 unspecified atom stereocenters. The molecule has 0 radical (unpaired) electrons. The first-order valence-electron chi connectivity index (χ1n) is 11.5. The molecule has 8 heteroatoms. The van der Waals surface area contributed by atoms with Crippen molar-refractivity contribution >= 4 is 23.4 Å². The zero-order valence-electron chi connectivity index (χ0n) is 19.5. The fraction of sp³-hybridized carbons (Fsp3) is 0.222. The minimum Gasteiger partial charge on any atom is -0.494 e. The highest BCUT2D eigenvalue weighted by Crippen LogP contribution is 2.28. The molecule has 1 amide bonds. The molecule has 0 aliphatic carbocycles. The number of thioether (sulfide) groups is 1. The van der Waals surface area contributed by atoms with E-state index in [0.717, 1.165) is 24.3 Å². The van der Waals surface area contributed by atoms with Crippen molar-refractivity contribution < 1.29 is 14.6 Å². The van der Waals surface area contributed by atoms with E-state index in [9.17, 15) is 9.90 Å². The number of nitrogens with one attached hydrogen (secondary N) is 1. The summed E-state index contributed by atoms with van der Waals surface area (Å²) in [6.07, 6.45) is 1.13. The minimum atomic E-state index is -0.954. The van der Waals surface area contributed by atoms with Crippen molar-refractivity contribution in [1.82, 2.24) is 14.8 Å². The maximum atomic E-state index is 12.6. The van der Waals surface area contributed by atoms with Crippen molar-refractivity contribution in [2.24, 2.45) is 0 Å². The van der Waals surface area contributed by atoms with Gasteiger partial charge < -0.3 is 15.2 Å². The van der Waals surface area contributed by atoms with Crippen molar-refractivity contribution in [2.75, 3.05) is 17.7 Å². The minimum absolute atomic E-state index is 0.140. The maximum Gasteiger partial charge on any atom is 0.234 e. The summed E-state index contributed by atoms with van der Waals surface area (Å²) in [7, 11) is 0. The first kappa shape index (κ1) is 24.5. The number of hydrogen-bond donors (Lipinski definition) is 2. The van der Waals surface area contributed by atoms with E-state index in [1.807, 2.05) is 84.9 Å². The molecule has 4 rings (SSSR count). The van der Waals surface area contributed by atoms with Gasteiger partial charge in [-0.1, -0.05) is 73.6 Å². The van der Waals surface area contributed by atoms with Crippen LogP contribution in [-0.2, 0) is 4.79 Å². The van der Waals surface area contributed by atoms with Crippen LogP contribution < -0.4 is 10.1 Å².